The molecule has 0 unspecified atom stereocenters. The Labute approximate surface area is 87.6 Å². The molecule has 0 aromatic heterocycles. The first-order valence-electron chi connectivity index (χ1n) is 4.64. The third-order valence-electron chi connectivity index (χ3n) is 2.10. The average Bonchev–Trinajstić information content (AvgIpc) is 3.02. The Hall–Kier alpha value is -0.960. The Balaban J connectivity index is 2.04. The number of rotatable bonds is 3. The van der Waals surface area contributed by atoms with Crippen LogP contribution in [0.15, 0.2) is 29.2 Å². The normalized spacial score (nSPS) is 15.2. The van der Waals surface area contributed by atoms with Gasteiger partial charge in [0, 0.05) is 10.1 Å². The number of hydrogen-bond acceptors (Lipinski definition) is 3. The van der Waals surface area contributed by atoms with E-state index >= 15 is 0 Å². The lowest BCUT2D eigenvalue weighted by Crippen LogP contribution is -2.00. The third-order valence-corrected chi connectivity index (χ3v) is 3.45. The monoisotopic (exact) mass is 208 g/mol. The number of ether oxygens (including phenoxy) is 1. The molecule has 0 amide bonds. The van der Waals surface area contributed by atoms with Crippen LogP contribution in [-0.4, -0.2) is 18.3 Å². The molecule has 0 saturated heterocycles. The van der Waals surface area contributed by atoms with Crippen molar-refractivity contribution >= 4 is 17.7 Å². The van der Waals surface area contributed by atoms with E-state index in [0.717, 1.165) is 5.25 Å². The summed E-state index contributed by atoms with van der Waals surface area (Å²) in [5, 5.41) is 0.805. The molecule has 74 valence electrons. The van der Waals surface area contributed by atoms with Crippen molar-refractivity contribution in [2.75, 3.05) is 7.11 Å². The van der Waals surface area contributed by atoms with Gasteiger partial charge in [-0.1, -0.05) is 0 Å². The molecule has 1 aromatic rings. The van der Waals surface area contributed by atoms with E-state index < -0.39 is 0 Å². The van der Waals surface area contributed by atoms with Gasteiger partial charge in [-0.15, -0.1) is 11.8 Å². The molecule has 1 saturated carbocycles. The molecule has 2 rings (SSSR count). The van der Waals surface area contributed by atoms with Gasteiger partial charge in [0.1, 0.15) is 0 Å². The van der Waals surface area contributed by atoms with Crippen molar-refractivity contribution in [2.45, 2.75) is 23.0 Å². The smallest absolute Gasteiger partial charge is 0.337 e. The highest BCUT2D eigenvalue weighted by Crippen LogP contribution is 2.38. The van der Waals surface area contributed by atoms with Crippen LogP contribution in [0.2, 0.25) is 0 Å². The van der Waals surface area contributed by atoms with Crippen molar-refractivity contribution in [1.82, 2.24) is 0 Å². The first-order valence-corrected chi connectivity index (χ1v) is 5.52. The van der Waals surface area contributed by atoms with Crippen molar-refractivity contribution in [1.29, 1.82) is 0 Å². The van der Waals surface area contributed by atoms with Crippen LogP contribution in [0.4, 0.5) is 0 Å². The molecule has 3 heteroatoms. The lowest BCUT2D eigenvalue weighted by molar-refractivity contribution is 0.0600. The van der Waals surface area contributed by atoms with Crippen LogP contribution in [0, 0.1) is 0 Å². The van der Waals surface area contributed by atoms with Gasteiger partial charge < -0.3 is 4.74 Å². The van der Waals surface area contributed by atoms with Gasteiger partial charge in [-0.2, -0.15) is 0 Å². The second-order valence-corrected chi connectivity index (χ2v) is 4.71. The number of thioether (sulfide) groups is 1. The van der Waals surface area contributed by atoms with E-state index in [9.17, 15) is 4.79 Å². The molecule has 0 N–H and O–H groups in total. The summed E-state index contributed by atoms with van der Waals surface area (Å²) in [6.45, 7) is 0. The van der Waals surface area contributed by atoms with E-state index in [4.69, 9.17) is 0 Å². The molecule has 0 spiro atoms. The predicted molar refractivity (Wildman–Crippen MR) is 56.7 cm³/mol. The maximum atomic E-state index is 11.1. The summed E-state index contributed by atoms with van der Waals surface area (Å²) in [5.74, 6) is -0.270. The zero-order valence-electron chi connectivity index (χ0n) is 8.03. The lowest BCUT2D eigenvalue weighted by atomic mass is 10.2. The fourth-order valence-electron chi connectivity index (χ4n) is 1.17. The molecule has 2 nitrogen and oxygen atoms in total. The predicted octanol–water partition coefficient (Wildman–Crippen LogP) is 2.73. The molecule has 0 atom stereocenters. The number of carbonyl (C=O) groups excluding carboxylic acids is 1. The highest BCUT2D eigenvalue weighted by Gasteiger charge is 2.22. The van der Waals surface area contributed by atoms with E-state index in [1.54, 1.807) is 0 Å². The molecule has 1 fully saturated rings. The number of esters is 1. The van der Waals surface area contributed by atoms with Crippen LogP contribution in [0.1, 0.15) is 23.2 Å². The minimum Gasteiger partial charge on any atom is -0.465 e. The maximum absolute atomic E-state index is 11.1. The second kappa shape index (κ2) is 4.05. The van der Waals surface area contributed by atoms with Crippen LogP contribution in [0.25, 0.3) is 0 Å². The zero-order chi connectivity index (χ0) is 9.97. The maximum Gasteiger partial charge on any atom is 0.337 e. The number of methoxy groups -OCH3 is 1. The molecule has 1 aromatic carbocycles. The van der Waals surface area contributed by atoms with Gasteiger partial charge in [0.25, 0.3) is 0 Å². The van der Waals surface area contributed by atoms with E-state index in [0.29, 0.717) is 5.56 Å². The van der Waals surface area contributed by atoms with Crippen molar-refractivity contribution in [3.8, 4) is 0 Å². The van der Waals surface area contributed by atoms with Gasteiger partial charge in [0.15, 0.2) is 0 Å². The molecule has 0 heterocycles. The van der Waals surface area contributed by atoms with Crippen LogP contribution in [0.3, 0.4) is 0 Å². The molecule has 14 heavy (non-hydrogen) atoms. The summed E-state index contributed by atoms with van der Waals surface area (Å²) < 4.78 is 4.62. The minimum absolute atomic E-state index is 0.270. The van der Waals surface area contributed by atoms with E-state index in [-0.39, 0.29) is 5.97 Å². The Morgan fingerprint density at radius 3 is 2.50 bits per heavy atom. The summed E-state index contributed by atoms with van der Waals surface area (Å²) in [6, 6.07) is 7.59. The lowest BCUT2D eigenvalue weighted by Gasteiger charge is -2.01. The highest BCUT2D eigenvalue weighted by molar-refractivity contribution is 8.00. The van der Waals surface area contributed by atoms with Gasteiger partial charge in [0.05, 0.1) is 12.7 Å². The van der Waals surface area contributed by atoms with Gasteiger partial charge in [0.2, 0.25) is 0 Å². The minimum atomic E-state index is -0.270. The van der Waals surface area contributed by atoms with Gasteiger partial charge in [-0.25, -0.2) is 4.79 Å². The van der Waals surface area contributed by atoms with Crippen molar-refractivity contribution in [3.05, 3.63) is 29.8 Å². The molecule has 0 radical (unpaired) electrons. The van der Waals surface area contributed by atoms with E-state index in [1.807, 2.05) is 36.0 Å². The zero-order valence-corrected chi connectivity index (χ0v) is 8.84. The highest BCUT2D eigenvalue weighted by atomic mass is 32.2. The fourth-order valence-corrected chi connectivity index (χ4v) is 2.22. The molecule has 0 bridgehead atoms. The molecule has 1 aliphatic rings. The van der Waals surface area contributed by atoms with Crippen LogP contribution in [-0.2, 0) is 4.74 Å². The van der Waals surface area contributed by atoms with Crippen molar-refractivity contribution < 1.29 is 9.53 Å². The van der Waals surface area contributed by atoms with E-state index in [2.05, 4.69) is 4.74 Å². The SMILES string of the molecule is COC(=O)c1ccc(SC2CC2)cc1. The Morgan fingerprint density at radius 1 is 1.36 bits per heavy atom. The average molecular weight is 208 g/mol. The summed E-state index contributed by atoms with van der Waals surface area (Å²) in [4.78, 5) is 12.4. The Bertz CT molecular complexity index is 328. The first kappa shape index (κ1) is 9.59. The number of carbonyl (C=O) groups is 1. The fraction of sp³-hybridized carbons (Fsp3) is 0.364. The van der Waals surface area contributed by atoms with Crippen LogP contribution >= 0.6 is 11.8 Å². The number of benzene rings is 1. The molecular formula is C11H12O2S. The Morgan fingerprint density at radius 2 is 2.00 bits per heavy atom. The summed E-state index contributed by atoms with van der Waals surface area (Å²) in [5.41, 5.74) is 0.618. The van der Waals surface area contributed by atoms with Crippen LogP contribution in [0.5, 0.6) is 0 Å². The summed E-state index contributed by atoms with van der Waals surface area (Å²) >= 11 is 1.89. The van der Waals surface area contributed by atoms with Crippen LogP contribution < -0.4 is 0 Å². The third kappa shape index (κ3) is 2.29. The largest absolute Gasteiger partial charge is 0.465 e. The molecular weight excluding hydrogens is 196 g/mol. The van der Waals surface area contributed by atoms with Crippen molar-refractivity contribution in [3.63, 3.8) is 0 Å². The summed E-state index contributed by atoms with van der Waals surface area (Å²) in [7, 11) is 1.40. The second-order valence-electron chi connectivity index (χ2n) is 3.33. The topological polar surface area (TPSA) is 26.3 Å². The standard InChI is InChI=1S/C11H12O2S/c1-13-11(12)8-2-4-9(5-3-8)14-10-6-7-10/h2-5,10H,6-7H2,1H3. The Kier molecular flexibility index (Phi) is 2.77. The molecule has 0 aliphatic heterocycles. The van der Waals surface area contributed by atoms with Gasteiger partial charge >= 0.3 is 5.97 Å². The quantitative estimate of drug-likeness (QED) is 0.714. The first-order chi connectivity index (χ1) is 6.79. The van der Waals surface area contributed by atoms with E-state index in [1.165, 1.54) is 24.8 Å². The van der Waals surface area contributed by atoms with Gasteiger partial charge in [-0.3, -0.25) is 0 Å². The van der Waals surface area contributed by atoms with Crippen molar-refractivity contribution in [2.24, 2.45) is 0 Å². The number of hydrogen-bond donors (Lipinski definition) is 0. The molecule has 1 aliphatic carbocycles. The summed E-state index contributed by atoms with van der Waals surface area (Å²) in [6.07, 6.45) is 2.65. The van der Waals surface area contributed by atoms with Gasteiger partial charge in [-0.05, 0) is 37.1 Å².